The third-order valence-electron chi connectivity index (χ3n) is 7.61. The Balaban J connectivity index is 1.51. The molecular formula is C33H26N2. The van der Waals surface area contributed by atoms with Gasteiger partial charge in [0, 0.05) is 39.9 Å². The van der Waals surface area contributed by atoms with Gasteiger partial charge in [0.25, 0.3) is 0 Å². The fraction of sp³-hybridized carbons (Fsp3) is 0.0909. The molecule has 0 bridgehead atoms. The number of hydrogen-bond acceptors (Lipinski definition) is 1. The number of aryl methyl sites for hydroxylation is 1. The first-order valence-corrected chi connectivity index (χ1v) is 12.3. The lowest BCUT2D eigenvalue weighted by Crippen LogP contribution is -2.19. The molecule has 0 N–H and O–H groups in total. The maximum atomic E-state index is 2.45. The van der Waals surface area contributed by atoms with Crippen molar-refractivity contribution in [1.29, 1.82) is 0 Å². The smallest absolute Gasteiger partial charge is 0.0542 e. The Hall–Kier alpha value is -4.30. The van der Waals surface area contributed by atoms with Crippen molar-refractivity contribution < 1.29 is 0 Å². The molecule has 0 unspecified atom stereocenters. The summed E-state index contributed by atoms with van der Waals surface area (Å²) in [6.45, 7) is 4.47. The summed E-state index contributed by atoms with van der Waals surface area (Å²) >= 11 is 0. The minimum absolute atomic E-state index is 0.977. The summed E-state index contributed by atoms with van der Waals surface area (Å²) in [5.74, 6) is 0. The number of aromatic nitrogens is 1. The number of anilines is 3. The molecule has 1 aliphatic rings. The van der Waals surface area contributed by atoms with Gasteiger partial charge in [-0.2, -0.15) is 0 Å². The van der Waals surface area contributed by atoms with Crippen molar-refractivity contribution in [3.8, 4) is 5.69 Å². The Kier molecular flexibility index (Phi) is 4.37. The van der Waals surface area contributed by atoms with Crippen LogP contribution in [0.3, 0.4) is 0 Å². The first kappa shape index (κ1) is 20.1. The lowest BCUT2D eigenvalue weighted by molar-refractivity contribution is 1.06. The number of nitrogens with zero attached hydrogens (tertiary/aromatic N) is 2. The zero-order chi connectivity index (χ0) is 23.5. The summed E-state index contributed by atoms with van der Waals surface area (Å²) in [7, 11) is 0. The molecule has 6 aromatic rings. The monoisotopic (exact) mass is 450 g/mol. The molecule has 7 rings (SSSR count). The van der Waals surface area contributed by atoms with E-state index in [9.17, 15) is 0 Å². The summed E-state index contributed by atoms with van der Waals surface area (Å²) < 4.78 is 2.38. The average Bonchev–Trinajstić information content (AvgIpc) is 3.24. The third kappa shape index (κ3) is 2.96. The molecule has 2 heteroatoms. The Bertz CT molecular complexity index is 1740. The van der Waals surface area contributed by atoms with Gasteiger partial charge >= 0.3 is 0 Å². The van der Waals surface area contributed by atoms with E-state index < -0.39 is 0 Å². The molecule has 0 spiro atoms. The second kappa shape index (κ2) is 7.61. The van der Waals surface area contributed by atoms with Gasteiger partial charge in [-0.1, -0.05) is 60.7 Å². The van der Waals surface area contributed by atoms with Gasteiger partial charge in [0.2, 0.25) is 0 Å². The third-order valence-corrected chi connectivity index (χ3v) is 7.61. The van der Waals surface area contributed by atoms with Gasteiger partial charge in [0.05, 0.1) is 11.0 Å². The van der Waals surface area contributed by atoms with E-state index in [-0.39, 0.29) is 0 Å². The Labute approximate surface area is 205 Å². The molecule has 0 saturated carbocycles. The maximum absolute atomic E-state index is 2.45. The van der Waals surface area contributed by atoms with Crippen molar-refractivity contribution in [2.45, 2.75) is 20.3 Å². The highest BCUT2D eigenvalue weighted by molar-refractivity contribution is 6.10. The highest BCUT2D eigenvalue weighted by atomic mass is 15.2. The van der Waals surface area contributed by atoms with Crippen molar-refractivity contribution >= 4 is 38.9 Å². The largest absolute Gasteiger partial charge is 0.310 e. The maximum Gasteiger partial charge on any atom is 0.0542 e. The normalized spacial score (nSPS) is 12.7. The van der Waals surface area contributed by atoms with Gasteiger partial charge in [-0.05, 0) is 84.6 Å². The van der Waals surface area contributed by atoms with Crippen molar-refractivity contribution in [3.63, 3.8) is 0 Å². The van der Waals surface area contributed by atoms with Crippen LogP contribution in [0.2, 0.25) is 0 Å². The first-order chi connectivity index (χ1) is 17.2. The van der Waals surface area contributed by atoms with Crippen molar-refractivity contribution in [3.05, 3.63) is 131 Å². The SMILES string of the molecule is Cc1ccc2c(c1C)Cc1ccccc1N2c1ccc2c(c1)c1ccccc1n2-c1ccccc1. The van der Waals surface area contributed by atoms with Crippen LogP contribution in [0.5, 0.6) is 0 Å². The van der Waals surface area contributed by atoms with Crippen LogP contribution in [0.4, 0.5) is 17.1 Å². The van der Waals surface area contributed by atoms with Crippen LogP contribution < -0.4 is 4.90 Å². The molecule has 1 aliphatic heterocycles. The molecular weight excluding hydrogens is 424 g/mol. The van der Waals surface area contributed by atoms with Gasteiger partial charge in [-0.15, -0.1) is 0 Å². The lowest BCUT2D eigenvalue weighted by atomic mass is 9.90. The van der Waals surface area contributed by atoms with E-state index >= 15 is 0 Å². The Morgan fingerprint density at radius 1 is 0.571 bits per heavy atom. The van der Waals surface area contributed by atoms with E-state index in [4.69, 9.17) is 0 Å². The zero-order valence-corrected chi connectivity index (χ0v) is 20.0. The van der Waals surface area contributed by atoms with Gasteiger partial charge in [-0.3, -0.25) is 0 Å². The molecule has 2 nitrogen and oxygen atoms in total. The summed E-state index contributed by atoms with van der Waals surface area (Å²) in [5, 5.41) is 2.55. The first-order valence-electron chi connectivity index (χ1n) is 12.3. The number of hydrogen-bond donors (Lipinski definition) is 0. The fourth-order valence-electron chi connectivity index (χ4n) is 5.72. The van der Waals surface area contributed by atoms with E-state index in [2.05, 4.69) is 133 Å². The summed E-state index contributed by atoms with van der Waals surface area (Å²) in [6, 6.07) is 39.7. The van der Waals surface area contributed by atoms with Crippen molar-refractivity contribution in [1.82, 2.24) is 4.57 Å². The average molecular weight is 451 g/mol. The van der Waals surface area contributed by atoms with Crippen LogP contribution in [-0.2, 0) is 6.42 Å². The van der Waals surface area contributed by atoms with Crippen LogP contribution in [-0.4, -0.2) is 4.57 Å². The van der Waals surface area contributed by atoms with Gasteiger partial charge in [-0.25, -0.2) is 0 Å². The van der Waals surface area contributed by atoms with Crippen LogP contribution in [0.15, 0.2) is 109 Å². The quantitative estimate of drug-likeness (QED) is 0.255. The predicted octanol–water partition coefficient (Wildman–Crippen LogP) is 8.77. The summed E-state index contributed by atoms with van der Waals surface area (Å²) in [4.78, 5) is 2.45. The number of para-hydroxylation sites is 3. The fourth-order valence-corrected chi connectivity index (χ4v) is 5.72. The summed E-state index contributed by atoms with van der Waals surface area (Å²) in [5.41, 5.74) is 13.0. The zero-order valence-electron chi connectivity index (χ0n) is 20.0. The second-order valence-electron chi connectivity index (χ2n) is 9.54. The predicted molar refractivity (Wildman–Crippen MR) is 148 cm³/mol. The highest BCUT2D eigenvalue weighted by Gasteiger charge is 2.26. The molecule has 168 valence electrons. The molecule has 1 aromatic heterocycles. The lowest BCUT2D eigenvalue weighted by Gasteiger charge is -2.34. The number of rotatable bonds is 2. The summed E-state index contributed by atoms with van der Waals surface area (Å²) in [6.07, 6.45) is 0.977. The topological polar surface area (TPSA) is 8.17 Å². The standard InChI is InChI=1S/C33H26N2/c1-22-16-18-32-28(23(22)2)20-24-10-6-8-14-30(24)35(32)26-17-19-33-29(21-26)27-13-7-9-15-31(27)34(33)25-11-4-3-5-12-25/h3-19,21H,20H2,1-2H3. The van der Waals surface area contributed by atoms with Crippen LogP contribution >= 0.6 is 0 Å². The molecule has 2 heterocycles. The van der Waals surface area contributed by atoms with E-state index in [1.165, 1.54) is 66.8 Å². The van der Waals surface area contributed by atoms with E-state index in [0.717, 1.165) is 6.42 Å². The van der Waals surface area contributed by atoms with Crippen LogP contribution in [0.1, 0.15) is 22.3 Å². The highest BCUT2D eigenvalue weighted by Crippen LogP contribution is 2.46. The minimum atomic E-state index is 0.977. The molecule has 0 aliphatic carbocycles. The molecule has 0 fully saturated rings. The molecule has 0 radical (unpaired) electrons. The van der Waals surface area contributed by atoms with E-state index in [1.807, 2.05) is 0 Å². The Morgan fingerprint density at radius 2 is 1.31 bits per heavy atom. The number of fused-ring (bicyclic) bond motifs is 5. The van der Waals surface area contributed by atoms with Gasteiger partial charge in [0.1, 0.15) is 0 Å². The molecule has 0 saturated heterocycles. The molecule has 0 amide bonds. The van der Waals surface area contributed by atoms with Crippen molar-refractivity contribution in [2.24, 2.45) is 0 Å². The van der Waals surface area contributed by atoms with Crippen LogP contribution in [0.25, 0.3) is 27.5 Å². The minimum Gasteiger partial charge on any atom is -0.310 e. The van der Waals surface area contributed by atoms with E-state index in [0.29, 0.717) is 0 Å². The molecule has 0 atom stereocenters. The van der Waals surface area contributed by atoms with E-state index in [1.54, 1.807) is 0 Å². The van der Waals surface area contributed by atoms with Gasteiger partial charge < -0.3 is 9.47 Å². The second-order valence-corrected chi connectivity index (χ2v) is 9.54. The molecule has 35 heavy (non-hydrogen) atoms. The van der Waals surface area contributed by atoms with Crippen molar-refractivity contribution in [2.75, 3.05) is 4.90 Å². The van der Waals surface area contributed by atoms with Crippen LogP contribution in [0, 0.1) is 13.8 Å². The Morgan fingerprint density at radius 3 is 2.20 bits per heavy atom. The molecule has 5 aromatic carbocycles. The number of benzene rings is 5. The van der Waals surface area contributed by atoms with Gasteiger partial charge in [0.15, 0.2) is 0 Å².